The second kappa shape index (κ2) is 5.69. The van der Waals surface area contributed by atoms with Crippen LogP contribution in [0.3, 0.4) is 0 Å². The molecule has 0 aliphatic carbocycles. The van der Waals surface area contributed by atoms with E-state index in [0.29, 0.717) is 11.1 Å². The van der Waals surface area contributed by atoms with E-state index >= 15 is 0 Å². The van der Waals surface area contributed by atoms with Crippen molar-refractivity contribution in [1.82, 2.24) is 0 Å². The zero-order valence-electron chi connectivity index (χ0n) is 11.0. The van der Waals surface area contributed by atoms with Crippen molar-refractivity contribution >= 4 is 15.9 Å². The molecule has 2 nitrogen and oxygen atoms in total. The molecule has 0 fully saturated rings. The van der Waals surface area contributed by atoms with Gasteiger partial charge in [0.2, 0.25) is 0 Å². The van der Waals surface area contributed by atoms with Gasteiger partial charge in [0.05, 0.1) is 0 Å². The summed E-state index contributed by atoms with van der Waals surface area (Å²) in [7, 11) is 0. The van der Waals surface area contributed by atoms with Crippen LogP contribution in [0.1, 0.15) is 18.1 Å². The SMILES string of the molecule is CC(O)(c1ccc(Br)cc1)c1cccc(OC(F)(F)F)c1. The molecule has 21 heavy (non-hydrogen) atoms. The number of halogens is 4. The molecule has 0 heterocycles. The number of benzene rings is 2. The van der Waals surface area contributed by atoms with Gasteiger partial charge >= 0.3 is 6.36 Å². The van der Waals surface area contributed by atoms with E-state index in [2.05, 4.69) is 20.7 Å². The van der Waals surface area contributed by atoms with Gasteiger partial charge in [-0.25, -0.2) is 0 Å². The molecule has 0 aliphatic heterocycles. The van der Waals surface area contributed by atoms with Crippen molar-refractivity contribution < 1.29 is 23.0 Å². The molecule has 2 aromatic rings. The third kappa shape index (κ3) is 3.98. The van der Waals surface area contributed by atoms with Gasteiger partial charge in [-0.15, -0.1) is 13.2 Å². The van der Waals surface area contributed by atoms with Gasteiger partial charge in [-0.05, 0) is 42.3 Å². The number of rotatable bonds is 3. The predicted molar refractivity (Wildman–Crippen MR) is 75.9 cm³/mol. The van der Waals surface area contributed by atoms with Crippen LogP contribution in [-0.2, 0) is 5.60 Å². The van der Waals surface area contributed by atoms with E-state index < -0.39 is 12.0 Å². The lowest BCUT2D eigenvalue weighted by Gasteiger charge is -2.25. The van der Waals surface area contributed by atoms with Gasteiger partial charge in [0.1, 0.15) is 11.4 Å². The van der Waals surface area contributed by atoms with Crippen molar-refractivity contribution in [2.75, 3.05) is 0 Å². The topological polar surface area (TPSA) is 29.5 Å². The van der Waals surface area contributed by atoms with Gasteiger partial charge in [-0.3, -0.25) is 0 Å². The fraction of sp³-hybridized carbons (Fsp3) is 0.200. The summed E-state index contributed by atoms with van der Waals surface area (Å²) in [6.45, 7) is 1.52. The van der Waals surface area contributed by atoms with Crippen LogP contribution in [0.4, 0.5) is 13.2 Å². The largest absolute Gasteiger partial charge is 0.573 e. The summed E-state index contributed by atoms with van der Waals surface area (Å²) >= 11 is 3.29. The smallest absolute Gasteiger partial charge is 0.406 e. The Labute approximate surface area is 128 Å². The van der Waals surface area contributed by atoms with Crippen LogP contribution < -0.4 is 4.74 Å². The molecule has 0 amide bonds. The minimum atomic E-state index is -4.76. The average molecular weight is 361 g/mol. The number of ether oxygens (including phenoxy) is 1. The van der Waals surface area contributed by atoms with Crippen LogP contribution in [0.15, 0.2) is 53.0 Å². The zero-order valence-corrected chi connectivity index (χ0v) is 12.6. The number of hydrogen-bond acceptors (Lipinski definition) is 2. The van der Waals surface area contributed by atoms with Crippen molar-refractivity contribution in [3.05, 3.63) is 64.1 Å². The summed E-state index contributed by atoms with van der Waals surface area (Å²) in [6.07, 6.45) is -4.76. The van der Waals surface area contributed by atoms with Crippen LogP contribution in [0.2, 0.25) is 0 Å². The Kier molecular flexibility index (Phi) is 4.30. The average Bonchev–Trinajstić information content (AvgIpc) is 2.37. The first-order chi connectivity index (χ1) is 9.68. The van der Waals surface area contributed by atoms with Gasteiger partial charge in [0.15, 0.2) is 0 Å². The molecule has 1 unspecified atom stereocenters. The van der Waals surface area contributed by atoms with Crippen LogP contribution in [-0.4, -0.2) is 11.5 Å². The molecule has 0 saturated carbocycles. The fourth-order valence-electron chi connectivity index (χ4n) is 1.94. The van der Waals surface area contributed by atoms with Crippen molar-refractivity contribution in [2.45, 2.75) is 18.9 Å². The van der Waals surface area contributed by atoms with Gasteiger partial charge in [0, 0.05) is 4.47 Å². The van der Waals surface area contributed by atoms with Crippen LogP contribution in [0, 0.1) is 0 Å². The lowest BCUT2D eigenvalue weighted by Crippen LogP contribution is -2.23. The standard InChI is InChI=1S/C15H12BrF3O2/c1-14(20,10-5-7-12(16)8-6-10)11-3-2-4-13(9-11)21-15(17,18)19/h2-9,20H,1H3. The Morgan fingerprint density at radius 3 is 2.19 bits per heavy atom. The fourth-order valence-corrected chi connectivity index (χ4v) is 2.20. The monoisotopic (exact) mass is 360 g/mol. The summed E-state index contributed by atoms with van der Waals surface area (Å²) in [6, 6.07) is 12.2. The van der Waals surface area contributed by atoms with Crippen molar-refractivity contribution in [3.63, 3.8) is 0 Å². The Morgan fingerprint density at radius 1 is 1.00 bits per heavy atom. The second-order valence-electron chi connectivity index (χ2n) is 4.65. The summed E-state index contributed by atoms with van der Waals surface area (Å²) in [5.41, 5.74) is -0.549. The first-order valence-corrected chi connectivity index (χ1v) is 6.82. The summed E-state index contributed by atoms with van der Waals surface area (Å²) in [5.74, 6) is -0.364. The van der Waals surface area contributed by atoms with Gasteiger partial charge in [-0.1, -0.05) is 40.2 Å². The highest BCUT2D eigenvalue weighted by Crippen LogP contribution is 2.33. The van der Waals surface area contributed by atoms with Gasteiger partial charge in [-0.2, -0.15) is 0 Å². The van der Waals surface area contributed by atoms with Crippen molar-refractivity contribution in [3.8, 4) is 5.75 Å². The maximum absolute atomic E-state index is 12.2. The van der Waals surface area contributed by atoms with E-state index in [4.69, 9.17) is 0 Å². The highest BCUT2D eigenvalue weighted by atomic mass is 79.9. The van der Waals surface area contributed by atoms with E-state index in [1.807, 2.05) is 0 Å². The minimum absolute atomic E-state index is 0.312. The molecule has 0 aliphatic rings. The lowest BCUT2D eigenvalue weighted by molar-refractivity contribution is -0.274. The van der Waals surface area contributed by atoms with Crippen molar-refractivity contribution in [2.24, 2.45) is 0 Å². The molecular formula is C15H12BrF3O2. The Hall–Kier alpha value is -1.53. The maximum atomic E-state index is 12.2. The molecule has 112 valence electrons. The normalized spacial score (nSPS) is 14.6. The van der Waals surface area contributed by atoms with Crippen molar-refractivity contribution in [1.29, 1.82) is 0 Å². The molecular weight excluding hydrogens is 349 g/mol. The molecule has 0 aromatic heterocycles. The number of aliphatic hydroxyl groups is 1. The highest BCUT2D eigenvalue weighted by molar-refractivity contribution is 9.10. The first-order valence-electron chi connectivity index (χ1n) is 6.03. The third-order valence-corrected chi connectivity index (χ3v) is 3.56. The Balaban J connectivity index is 2.36. The quantitative estimate of drug-likeness (QED) is 0.866. The Bertz CT molecular complexity index is 622. The third-order valence-electron chi connectivity index (χ3n) is 3.04. The van der Waals surface area contributed by atoms with Crippen LogP contribution in [0.25, 0.3) is 0 Å². The van der Waals surface area contributed by atoms with Crippen LogP contribution >= 0.6 is 15.9 Å². The van der Waals surface area contributed by atoms with E-state index in [1.165, 1.54) is 25.1 Å². The van der Waals surface area contributed by atoms with E-state index in [-0.39, 0.29) is 5.75 Å². The van der Waals surface area contributed by atoms with E-state index in [1.54, 1.807) is 30.3 Å². The molecule has 0 spiro atoms. The van der Waals surface area contributed by atoms with Gasteiger partial charge in [0.25, 0.3) is 0 Å². The van der Waals surface area contributed by atoms with E-state index in [9.17, 15) is 18.3 Å². The molecule has 0 radical (unpaired) electrons. The van der Waals surface area contributed by atoms with Gasteiger partial charge < -0.3 is 9.84 Å². The minimum Gasteiger partial charge on any atom is -0.406 e. The summed E-state index contributed by atoms with van der Waals surface area (Å²) in [5, 5.41) is 10.6. The molecule has 2 rings (SSSR count). The lowest BCUT2D eigenvalue weighted by atomic mass is 9.88. The summed E-state index contributed by atoms with van der Waals surface area (Å²) < 4.78 is 41.5. The predicted octanol–water partition coefficient (Wildman–Crippen LogP) is 4.60. The number of alkyl halides is 3. The molecule has 2 aromatic carbocycles. The highest BCUT2D eigenvalue weighted by Gasteiger charge is 2.32. The van der Waals surface area contributed by atoms with E-state index in [0.717, 1.165) is 4.47 Å². The molecule has 0 saturated heterocycles. The molecule has 6 heteroatoms. The molecule has 0 bridgehead atoms. The number of hydrogen-bond donors (Lipinski definition) is 1. The maximum Gasteiger partial charge on any atom is 0.573 e. The zero-order chi connectivity index (χ0) is 15.7. The molecule has 1 atom stereocenters. The first kappa shape index (κ1) is 15.9. The summed E-state index contributed by atoms with van der Waals surface area (Å²) in [4.78, 5) is 0. The second-order valence-corrected chi connectivity index (χ2v) is 5.57. The Morgan fingerprint density at radius 2 is 1.62 bits per heavy atom. The molecule has 1 N–H and O–H groups in total. The van der Waals surface area contributed by atoms with Crippen LogP contribution in [0.5, 0.6) is 5.75 Å².